The molecule has 0 saturated carbocycles. The molecule has 0 unspecified atom stereocenters. The Bertz CT molecular complexity index is 746. The minimum Gasteiger partial charge on any atom is -0.484 e. The van der Waals surface area contributed by atoms with Gasteiger partial charge in [0.25, 0.3) is 5.91 Å². The van der Waals surface area contributed by atoms with Crippen LogP contribution in [0.2, 0.25) is 5.02 Å². The molecule has 0 aliphatic carbocycles. The molecule has 1 heterocycles. The Balaban J connectivity index is 2.10. The topological polar surface area (TPSA) is 47.4 Å². The molecule has 1 aromatic heterocycles. The predicted molar refractivity (Wildman–Crippen MR) is 86.7 cm³/mol. The van der Waals surface area contributed by atoms with Crippen LogP contribution >= 0.6 is 11.6 Å². The lowest BCUT2D eigenvalue weighted by Crippen LogP contribution is -2.27. The standard InChI is InChI=1S/C16H17ClF3N3O2/c1-3-23-14(13(17)8-21-23)9-22(2)15(24)11-5-4-6-12(7-11)25-10-16(18,19)20/h4-8H,3,9-10H2,1-2H3. The van der Waals surface area contributed by atoms with Crippen LogP contribution < -0.4 is 4.74 Å². The summed E-state index contributed by atoms with van der Waals surface area (Å²) < 4.78 is 43.0. The quantitative estimate of drug-likeness (QED) is 0.772. The Hall–Kier alpha value is -2.22. The molecule has 0 radical (unpaired) electrons. The first-order chi connectivity index (χ1) is 11.7. The molecule has 0 saturated heterocycles. The zero-order chi connectivity index (χ0) is 18.6. The highest BCUT2D eigenvalue weighted by Crippen LogP contribution is 2.21. The summed E-state index contributed by atoms with van der Waals surface area (Å²) in [6.07, 6.45) is -2.93. The smallest absolute Gasteiger partial charge is 0.422 e. The minimum absolute atomic E-state index is 0.0202. The fourth-order valence-corrected chi connectivity index (χ4v) is 2.42. The van der Waals surface area contributed by atoms with Crippen LogP contribution in [0.25, 0.3) is 0 Å². The fourth-order valence-electron chi connectivity index (χ4n) is 2.22. The number of alkyl halides is 3. The molecule has 0 bridgehead atoms. The number of nitrogens with zero attached hydrogens (tertiary/aromatic N) is 3. The van der Waals surface area contributed by atoms with E-state index in [9.17, 15) is 18.0 Å². The average Bonchev–Trinajstić information content (AvgIpc) is 2.92. The lowest BCUT2D eigenvalue weighted by molar-refractivity contribution is -0.153. The summed E-state index contributed by atoms with van der Waals surface area (Å²) in [5.74, 6) is -0.384. The van der Waals surface area contributed by atoms with E-state index in [4.69, 9.17) is 11.6 Å². The Labute approximate surface area is 147 Å². The number of carbonyl (C=O) groups is 1. The third-order valence-corrected chi connectivity index (χ3v) is 3.73. The van der Waals surface area contributed by atoms with Crippen molar-refractivity contribution in [3.8, 4) is 5.75 Å². The summed E-state index contributed by atoms with van der Waals surface area (Å²) in [5.41, 5.74) is 0.908. The van der Waals surface area contributed by atoms with Crippen LogP contribution in [0.1, 0.15) is 23.0 Å². The van der Waals surface area contributed by atoms with E-state index in [1.165, 1.54) is 35.4 Å². The first-order valence-corrected chi connectivity index (χ1v) is 7.84. The van der Waals surface area contributed by atoms with Gasteiger partial charge in [0.05, 0.1) is 23.5 Å². The molecule has 0 N–H and O–H groups in total. The van der Waals surface area contributed by atoms with Crippen LogP contribution in [0, 0.1) is 0 Å². The highest BCUT2D eigenvalue weighted by molar-refractivity contribution is 6.31. The molecule has 1 aromatic carbocycles. The summed E-state index contributed by atoms with van der Waals surface area (Å²) in [5, 5.41) is 4.55. The van der Waals surface area contributed by atoms with Crippen molar-refractivity contribution in [2.45, 2.75) is 26.2 Å². The van der Waals surface area contributed by atoms with Crippen LogP contribution in [0.15, 0.2) is 30.5 Å². The second-order valence-corrected chi connectivity index (χ2v) is 5.76. The zero-order valence-corrected chi connectivity index (χ0v) is 14.4. The highest BCUT2D eigenvalue weighted by Gasteiger charge is 2.28. The molecular formula is C16H17ClF3N3O2. The predicted octanol–water partition coefficient (Wildman–Crippen LogP) is 3.77. The van der Waals surface area contributed by atoms with Crippen molar-refractivity contribution in [3.63, 3.8) is 0 Å². The molecule has 0 atom stereocenters. The lowest BCUT2D eigenvalue weighted by atomic mass is 10.2. The number of rotatable bonds is 6. The zero-order valence-electron chi connectivity index (χ0n) is 13.7. The number of ether oxygens (including phenoxy) is 1. The number of carbonyl (C=O) groups excluding carboxylic acids is 1. The van der Waals surface area contributed by atoms with Crippen molar-refractivity contribution < 1.29 is 22.7 Å². The third-order valence-electron chi connectivity index (χ3n) is 3.41. The molecular weight excluding hydrogens is 359 g/mol. The number of hydrogen-bond acceptors (Lipinski definition) is 3. The van der Waals surface area contributed by atoms with Crippen molar-refractivity contribution in [2.75, 3.05) is 13.7 Å². The summed E-state index contributed by atoms with van der Waals surface area (Å²) in [7, 11) is 1.58. The number of benzene rings is 1. The molecule has 25 heavy (non-hydrogen) atoms. The first kappa shape index (κ1) is 19.1. The van der Waals surface area contributed by atoms with E-state index >= 15 is 0 Å². The maximum Gasteiger partial charge on any atom is 0.422 e. The Morgan fingerprint density at radius 3 is 2.76 bits per heavy atom. The van der Waals surface area contributed by atoms with Crippen molar-refractivity contribution in [3.05, 3.63) is 46.7 Å². The van der Waals surface area contributed by atoms with Crippen molar-refractivity contribution in [1.82, 2.24) is 14.7 Å². The number of aryl methyl sites for hydroxylation is 1. The first-order valence-electron chi connectivity index (χ1n) is 7.46. The summed E-state index contributed by atoms with van der Waals surface area (Å²) in [4.78, 5) is 13.9. The molecule has 9 heteroatoms. The van der Waals surface area contributed by atoms with Gasteiger partial charge in [-0.05, 0) is 25.1 Å². The Kier molecular flexibility index (Phi) is 5.94. The molecule has 0 aliphatic heterocycles. The maximum atomic E-state index is 12.5. The van der Waals surface area contributed by atoms with Crippen LogP contribution in [0.3, 0.4) is 0 Å². The SMILES string of the molecule is CCn1ncc(Cl)c1CN(C)C(=O)c1cccc(OCC(F)(F)F)c1. The van der Waals surface area contributed by atoms with E-state index in [-0.39, 0.29) is 23.8 Å². The Morgan fingerprint density at radius 2 is 2.12 bits per heavy atom. The monoisotopic (exact) mass is 375 g/mol. The number of halogens is 4. The summed E-state index contributed by atoms with van der Waals surface area (Å²) in [6.45, 7) is 1.31. The van der Waals surface area contributed by atoms with E-state index in [0.29, 0.717) is 17.3 Å². The number of amides is 1. The normalized spacial score (nSPS) is 11.4. The van der Waals surface area contributed by atoms with Gasteiger partial charge in [0.15, 0.2) is 6.61 Å². The van der Waals surface area contributed by atoms with E-state index in [1.54, 1.807) is 11.7 Å². The molecule has 136 valence electrons. The van der Waals surface area contributed by atoms with Gasteiger partial charge in [0, 0.05) is 19.2 Å². The molecule has 0 fully saturated rings. The third kappa shape index (κ3) is 5.12. The summed E-state index contributed by atoms with van der Waals surface area (Å²) in [6, 6.07) is 5.63. The van der Waals surface area contributed by atoms with Gasteiger partial charge < -0.3 is 9.64 Å². The van der Waals surface area contributed by atoms with Gasteiger partial charge in [-0.1, -0.05) is 17.7 Å². The van der Waals surface area contributed by atoms with E-state index in [0.717, 1.165) is 0 Å². The van der Waals surface area contributed by atoms with Gasteiger partial charge in [0.2, 0.25) is 0 Å². The van der Waals surface area contributed by atoms with Gasteiger partial charge >= 0.3 is 6.18 Å². The second kappa shape index (κ2) is 7.77. The van der Waals surface area contributed by atoms with E-state index in [1.807, 2.05) is 6.92 Å². The Morgan fingerprint density at radius 1 is 1.40 bits per heavy atom. The number of hydrogen-bond donors (Lipinski definition) is 0. The molecule has 0 spiro atoms. The highest BCUT2D eigenvalue weighted by atomic mass is 35.5. The van der Waals surface area contributed by atoms with Crippen molar-refractivity contribution in [1.29, 1.82) is 0 Å². The van der Waals surface area contributed by atoms with Crippen LogP contribution in [0.4, 0.5) is 13.2 Å². The van der Waals surface area contributed by atoms with Gasteiger partial charge in [-0.3, -0.25) is 9.48 Å². The van der Waals surface area contributed by atoms with Gasteiger partial charge in [-0.25, -0.2) is 0 Å². The molecule has 5 nitrogen and oxygen atoms in total. The largest absolute Gasteiger partial charge is 0.484 e. The average molecular weight is 376 g/mol. The van der Waals surface area contributed by atoms with Crippen molar-refractivity contribution >= 4 is 17.5 Å². The molecule has 1 amide bonds. The molecule has 2 aromatic rings. The fraction of sp³-hybridized carbons (Fsp3) is 0.375. The van der Waals surface area contributed by atoms with Crippen LogP contribution in [-0.2, 0) is 13.1 Å². The maximum absolute atomic E-state index is 12.5. The van der Waals surface area contributed by atoms with Gasteiger partial charge in [0.1, 0.15) is 5.75 Å². The van der Waals surface area contributed by atoms with Crippen LogP contribution in [-0.4, -0.2) is 40.4 Å². The van der Waals surface area contributed by atoms with E-state index < -0.39 is 12.8 Å². The van der Waals surface area contributed by atoms with Crippen molar-refractivity contribution in [2.24, 2.45) is 0 Å². The second-order valence-electron chi connectivity index (χ2n) is 5.35. The van der Waals surface area contributed by atoms with Crippen LogP contribution in [0.5, 0.6) is 5.75 Å². The van der Waals surface area contributed by atoms with Gasteiger partial charge in [-0.15, -0.1) is 0 Å². The van der Waals surface area contributed by atoms with Gasteiger partial charge in [-0.2, -0.15) is 18.3 Å². The number of aromatic nitrogens is 2. The molecule has 2 rings (SSSR count). The lowest BCUT2D eigenvalue weighted by Gasteiger charge is -2.18. The summed E-state index contributed by atoms with van der Waals surface area (Å²) >= 11 is 6.08. The molecule has 0 aliphatic rings. The van der Waals surface area contributed by atoms with E-state index in [2.05, 4.69) is 9.84 Å². The minimum atomic E-state index is -4.44.